The molecule has 140 valence electrons. The molecule has 1 saturated heterocycles. The van der Waals surface area contributed by atoms with Gasteiger partial charge in [-0.05, 0) is 30.7 Å². The molecule has 6 nitrogen and oxygen atoms in total. The summed E-state index contributed by atoms with van der Waals surface area (Å²) in [5.74, 6) is 0.660. The minimum Gasteiger partial charge on any atom is -0.378 e. The minimum absolute atomic E-state index is 0.0162. The molecule has 1 aromatic carbocycles. The molecule has 7 heteroatoms. The second-order valence-corrected chi connectivity index (χ2v) is 7.13. The topological polar surface area (TPSA) is 59.4 Å². The van der Waals surface area contributed by atoms with Crippen molar-refractivity contribution < 1.29 is 9.53 Å². The number of carbonyl (C=O) groups is 1. The number of aryl methyl sites for hydroxylation is 2. The second kappa shape index (κ2) is 7.21. The monoisotopic (exact) mass is 384 g/mol. The van der Waals surface area contributed by atoms with Gasteiger partial charge >= 0.3 is 0 Å². The van der Waals surface area contributed by atoms with Crippen LogP contribution in [0, 0.1) is 6.92 Å². The molecule has 3 heterocycles. The van der Waals surface area contributed by atoms with Crippen molar-refractivity contribution in [1.29, 1.82) is 0 Å². The molecule has 1 aliphatic heterocycles. The molecule has 0 bridgehead atoms. The number of aromatic nitrogens is 2. The summed E-state index contributed by atoms with van der Waals surface area (Å²) in [6.45, 7) is 4.34. The van der Waals surface area contributed by atoms with E-state index < -0.39 is 0 Å². The zero-order chi connectivity index (χ0) is 19.0. The highest BCUT2D eigenvalue weighted by Gasteiger charge is 2.23. The van der Waals surface area contributed by atoms with Crippen molar-refractivity contribution in [1.82, 2.24) is 14.5 Å². The number of rotatable bonds is 3. The normalized spacial score (nSPS) is 14.6. The van der Waals surface area contributed by atoms with Gasteiger partial charge in [-0.25, -0.2) is 4.98 Å². The number of halogens is 1. The average Bonchev–Trinajstić information content (AvgIpc) is 3.07. The van der Waals surface area contributed by atoms with E-state index in [4.69, 9.17) is 16.3 Å². The Morgan fingerprint density at radius 2 is 2.04 bits per heavy atom. The first kappa shape index (κ1) is 17.8. The van der Waals surface area contributed by atoms with E-state index >= 15 is 0 Å². The molecular weight excluding hydrogens is 364 g/mol. The molecule has 0 aliphatic carbocycles. The lowest BCUT2D eigenvalue weighted by Crippen LogP contribution is -2.40. The average molecular weight is 385 g/mol. The summed E-state index contributed by atoms with van der Waals surface area (Å²) in [6.07, 6.45) is 3.58. The van der Waals surface area contributed by atoms with Crippen LogP contribution in [0.25, 0.3) is 10.9 Å². The zero-order valence-electron chi connectivity index (χ0n) is 15.3. The van der Waals surface area contributed by atoms with Crippen molar-refractivity contribution in [2.75, 3.05) is 31.6 Å². The van der Waals surface area contributed by atoms with Gasteiger partial charge in [-0.15, -0.1) is 0 Å². The zero-order valence-corrected chi connectivity index (χ0v) is 16.1. The number of anilines is 2. The maximum atomic E-state index is 13.0. The molecule has 2 aromatic heterocycles. The fraction of sp³-hybridized carbons (Fsp3) is 0.300. The van der Waals surface area contributed by atoms with E-state index in [9.17, 15) is 4.79 Å². The number of morpholine rings is 1. The smallest absolute Gasteiger partial charge is 0.257 e. The van der Waals surface area contributed by atoms with Gasteiger partial charge in [0, 0.05) is 37.9 Å². The lowest BCUT2D eigenvalue weighted by molar-refractivity contribution is 0.0303. The molecule has 1 N–H and O–H groups in total. The number of pyridine rings is 1. The Morgan fingerprint density at radius 3 is 2.78 bits per heavy atom. The van der Waals surface area contributed by atoms with E-state index in [0.29, 0.717) is 42.7 Å². The minimum atomic E-state index is -0.0162. The van der Waals surface area contributed by atoms with Crippen molar-refractivity contribution in [3.05, 3.63) is 52.8 Å². The number of carbonyl (C=O) groups excluding carboxylic acids is 1. The van der Waals surface area contributed by atoms with Crippen LogP contribution in [-0.2, 0) is 11.8 Å². The van der Waals surface area contributed by atoms with E-state index in [-0.39, 0.29) is 5.91 Å². The molecular formula is C20H21ClN4O2. The highest BCUT2D eigenvalue weighted by Crippen LogP contribution is 2.31. The summed E-state index contributed by atoms with van der Waals surface area (Å²) in [6, 6.07) is 7.79. The largest absolute Gasteiger partial charge is 0.378 e. The highest BCUT2D eigenvalue weighted by atomic mass is 35.5. The Morgan fingerprint density at radius 1 is 1.26 bits per heavy atom. The van der Waals surface area contributed by atoms with Gasteiger partial charge in [-0.3, -0.25) is 4.79 Å². The number of fused-ring (bicyclic) bond motifs is 1. The third-order valence-electron chi connectivity index (χ3n) is 4.81. The predicted molar refractivity (Wildman–Crippen MR) is 107 cm³/mol. The van der Waals surface area contributed by atoms with Crippen LogP contribution in [0.15, 0.2) is 36.7 Å². The quantitative estimate of drug-likeness (QED) is 0.747. The van der Waals surface area contributed by atoms with Gasteiger partial charge in [-0.2, -0.15) is 0 Å². The molecule has 0 saturated carbocycles. The Labute approximate surface area is 162 Å². The summed E-state index contributed by atoms with van der Waals surface area (Å²) in [4.78, 5) is 19.4. The van der Waals surface area contributed by atoms with Crippen LogP contribution in [-0.4, -0.2) is 46.7 Å². The fourth-order valence-corrected chi connectivity index (χ4v) is 3.64. The Hall–Kier alpha value is -2.57. The maximum Gasteiger partial charge on any atom is 0.257 e. The first-order chi connectivity index (χ1) is 13.0. The van der Waals surface area contributed by atoms with Gasteiger partial charge < -0.3 is 19.5 Å². The lowest BCUT2D eigenvalue weighted by atomic mass is 10.1. The third-order valence-corrected chi connectivity index (χ3v) is 5.12. The molecule has 0 atom stereocenters. The molecule has 0 spiro atoms. The summed E-state index contributed by atoms with van der Waals surface area (Å²) in [5, 5.41) is 4.82. The highest BCUT2D eigenvalue weighted by molar-refractivity contribution is 6.33. The van der Waals surface area contributed by atoms with Crippen LogP contribution >= 0.6 is 11.6 Å². The summed E-state index contributed by atoms with van der Waals surface area (Å²) < 4.78 is 7.30. The molecule has 0 radical (unpaired) electrons. The number of ether oxygens (including phenoxy) is 1. The molecule has 1 amide bonds. The Balaban J connectivity index is 1.73. The maximum absolute atomic E-state index is 13.0. The van der Waals surface area contributed by atoms with Crippen molar-refractivity contribution in [2.24, 2.45) is 7.05 Å². The van der Waals surface area contributed by atoms with Crippen LogP contribution in [0.1, 0.15) is 15.9 Å². The Bertz CT molecular complexity index is 1010. The molecule has 1 fully saturated rings. The van der Waals surface area contributed by atoms with Gasteiger partial charge in [0.05, 0.1) is 35.0 Å². The van der Waals surface area contributed by atoms with Crippen LogP contribution in [0.2, 0.25) is 5.02 Å². The van der Waals surface area contributed by atoms with Gasteiger partial charge in [0.15, 0.2) is 0 Å². The van der Waals surface area contributed by atoms with E-state index in [2.05, 4.69) is 10.3 Å². The number of hydrogen-bond acceptors (Lipinski definition) is 4. The number of amides is 1. The van der Waals surface area contributed by atoms with Gasteiger partial charge in [0.25, 0.3) is 5.91 Å². The van der Waals surface area contributed by atoms with Crippen LogP contribution < -0.4 is 5.32 Å². The summed E-state index contributed by atoms with van der Waals surface area (Å²) in [5.41, 5.74) is 3.33. The van der Waals surface area contributed by atoms with Crippen molar-refractivity contribution in [3.8, 4) is 0 Å². The second-order valence-electron chi connectivity index (χ2n) is 6.72. The Kier molecular flexibility index (Phi) is 4.76. The molecule has 27 heavy (non-hydrogen) atoms. The van der Waals surface area contributed by atoms with Crippen molar-refractivity contribution >= 4 is 39.9 Å². The van der Waals surface area contributed by atoms with Crippen LogP contribution in [0.4, 0.5) is 11.5 Å². The van der Waals surface area contributed by atoms with Gasteiger partial charge in [0.2, 0.25) is 0 Å². The van der Waals surface area contributed by atoms with E-state index in [1.807, 2.05) is 53.9 Å². The third kappa shape index (κ3) is 3.38. The SMILES string of the molecule is Cc1ccc(Nc2ncc(C(=O)N3CCOCC3)c3c2ccn3C)c(Cl)c1. The van der Waals surface area contributed by atoms with Crippen LogP contribution in [0.5, 0.6) is 0 Å². The molecule has 3 aromatic rings. The summed E-state index contributed by atoms with van der Waals surface area (Å²) >= 11 is 6.35. The van der Waals surface area contributed by atoms with Crippen LogP contribution in [0.3, 0.4) is 0 Å². The fourth-order valence-electron chi connectivity index (χ4n) is 3.36. The standard InChI is InChI=1S/C20H21ClN4O2/c1-13-3-4-17(16(21)11-13)23-19-14-5-6-24(2)18(14)15(12-22-19)20(26)25-7-9-27-10-8-25/h3-6,11-12H,7-10H2,1-2H3,(H,22,23). The van der Waals surface area contributed by atoms with Gasteiger partial charge in [-0.1, -0.05) is 17.7 Å². The number of nitrogens with one attached hydrogen (secondary N) is 1. The lowest BCUT2D eigenvalue weighted by Gasteiger charge is -2.27. The first-order valence-electron chi connectivity index (χ1n) is 8.89. The number of benzene rings is 1. The molecule has 4 rings (SSSR count). The number of nitrogens with zero attached hydrogens (tertiary/aromatic N) is 3. The molecule has 0 unspecified atom stereocenters. The van der Waals surface area contributed by atoms with Gasteiger partial charge in [0.1, 0.15) is 5.82 Å². The predicted octanol–water partition coefficient (Wildman–Crippen LogP) is 3.75. The summed E-state index contributed by atoms with van der Waals surface area (Å²) in [7, 11) is 1.93. The molecule has 1 aliphatic rings. The first-order valence-corrected chi connectivity index (χ1v) is 9.26. The van der Waals surface area contributed by atoms with E-state index in [1.54, 1.807) is 6.20 Å². The van der Waals surface area contributed by atoms with Crippen molar-refractivity contribution in [2.45, 2.75) is 6.92 Å². The van der Waals surface area contributed by atoms with E-state index in [1.165, 1.54) is 0 Å². The van der Waals surface area contributed by atoms with Crippen molar-refractivity contribution in [3.63, 3.8) is 0 Å². The van der Waals surface area contributed by atoms with E-state index in [0.717, 1.165) is 22.2 Å². The number of hydrogen-bond donors (Lipinski definition) is 1.